The van der Waals surface area contributed by atoms with Crippen LogP contribution < -0.4 is 0 Å². The number of hydrogen-bond donors (Lipinski definition) is 0. The second kappa shape index (κ2) is 7.81. The molecule has 0 spiro atoms. The smallest absolute Gasteiger partial charge is 0.255 e. The Kier molecular flexibility index (Phi) is 5.26. The Morgan fingerprint density at radius 1 is 1.07 bits per heavy atom. The van der Waals surface area contributed by atoms with Crippen LogP contribution >= 0.6 is 0 Å². The number of piperidine rings is 2. The van der Waals surface area contributed by atoms with Crippen LogP contribution in [-0.4, -0.2) is 52.9 Å². The maximum absolute atomic E-state index is 12.6. The molecule has 142 valence electrons. The molecule has 0 aliphatic carbocycles. The predicted molar refractivity (Wildman–Crippen MR) is 108 cm³/mol. The Bertz CT molecular complexity index is 756. The SMILES string of the molecule is CC1(c2ccccc2)CCCN(C2CCN(C(=O)c3cccnc3)CC2)C1. The molecule has 1 aromatic heterocycles. The molecule has 2 saturated heterocycles. The van der Waals surface area contributed by atoms with Crippen LogP contribution in [0.4, 0.5) is 0 Å². The average molecular weight is 364 g/mol. The molecule has 4 rings (SSSR count). The summed E-state index contributed by atoms with van der Waals surface area (Å²) < 4.78 is 0. The maximum atomic E-state index is 12.6. The molecule has 0 saturated carbocycles. The molecule has 2 aromatic rings. The molecular formula is C23H29N3O. The summed E-state index contributed by atoms with van der Waals surface area (Å²) in [6.45, 7) is 6.41. The maximum Gasteiger partial charge on any atom is 0.255 e. The van der Waals surface area contributed by atoms with Gasteiger partial charge in [0, 0.05) is 43.5 Å². The predicted octanol–water partition coefficient (Wildman–Crippen LogP) is 3.74. The number of rotatable bonds is 3. The van der Waals surface area contributed by atoms with E-state index < -0.39 is 0 Å². The quantitative estimate of drug-likeness (QED) is 0.833. The lowest BCUT2D eigenvalue weighted by Crippen LogP contribution is -2.52. The third-order valence-electron chi connectivity index (χ3n) is 6.37. The van der Waals surface area contributed by atoms with Crippen LogP contribution in [0.5, 0.6) is 0 Å². The van der Waals surface area contributed by atoms with Crippen molar-refractivity contribution in [1.29, 1.82) is 0 Å². The molecule has 27 heavy (non-hydrogen) atoms. The van der Waals surface area contributed by atoms with Crippen molar-refractivity contribution in [2.45, 2.75) is 44.1 Å². The number of carbonyl (C=O) groups is 1. The van der Waals surface area contributed by atoms with Crippen LogP contribution in [-0.2, 0) is 5.41 Å². The van der Waals surface area contributed by atoms with E-state index in [-0.39, 0.29) is 11.3 Å². The van der Waals surface area contributed by atoms with Gasteiger partial charge in [0.25, 0.3) is 5.91 Å². The van der Waals surface area contributed by atoms with Crippen LogP contribution in [0.25, 0.3) is 0 Å². The first-order valence-corrected chi connectivity index (χ1v) is 10.1. The average Bonchev–Trinajstić information content (AvgIpc) is 2.75. The molecule has 1 aromatic carbocycles. The highest BCUT2D eigenvalue weighted by molar-refractivity contribution is 5.93. The van der Waals surface area contributed by atoms with E-state index in [1.165, 1.54) is 24.9 Å². The minimum absolute atomic E-state index is 0.120. The number of amides is 1. The van der Waals surface area contributed by atoms with Gasteiger partial charge in [-0.15, -0.1) is 0 Å². The molecule has 4 heteroatoms. The second-order valence-electron chi connectivity index (χ2n) is 8.27. The number of hydrogen-bond acceptors (Lipinski definition) is 3. The number of aromatic nitrogens is 1. The van der Waals surface area contributed by atoms with Gasteiger partial charge in [-0.2, -0.15) is 0 Å². The van der Waals surface area contributed by atoms with Crippen LogP contribution in [0.1, 0.15) is 48.5 Å². The molecule has 0 radical (unpaired) electrons. The summed E-state index contributed by atoms with van der Waals surface area (Å²) in [5.74, 6) is 0.120. The summed E-state index contributed by atoms with van der Waals surface area (Å²) in [6.07, 6.45) is 8.02. The lowest BCUT2D eigenvalue weighted by molar-refractivity contribution is 0.0496. The summed E-state index contributed by atoms with van der Waals surface area (Å²) >= 11 is 0. The highest BCUT2D eigenvalue weighted by Crippen LogP contribution is 2.35. The van der Waals surface area contributed by atoms with Crippen molar-refractivity contribution in [3.8, 4) is 0 Å². The van der Waals surface area contributed by atoms with Gasteiger partial charge < -0.3 is 4.90 Å². The standard InChI is InChI=1S/C23H29N3O/c1-23(20-8-3-2-4-9-20)12-6-14-26(18-23)21-10-15-25(16-11-21)22(27)19-7-5-13-24-17-19/h2-5,7-9,13,17,21H,6,10-12,14-16,18H2,1H3. The largest absolute Gasteiger partial charge is 0.338 e. The first-order valence-electron chi connectivity index (χ1n) is 10.1. The van der Waals surface area contributed by atoms with Crippen LogP contribution in [0.2, 0.25) is 0 Å². The van der Waals surface area contributed by atoms with Crippen LogP contribution in [0.3, 0.4) is 0 Å². The van der Waals surface area contributed by atoms with Crippen molar-refractivity contribution in [1.82, 2.24) is 14.8 Å². The summed E-state index contributed by atoms with van der Waals surface area (Å²) in [6, 6.07) is 15.2. The topological polar surface area (TPSA) is 36.4 Å². The number of likely N-dealkylation sites (tertiary alicyclic amines) is 2. The zero-order chi connectivity index (χ0) is 18.7. The van der Waals surface area contributed by atoms with Gasteiger partial charge in [-0.05, 0) is 49.9 Å². The van der Waals surface area contributed by atoms with E-state index in [2.05, 4.69) is 47.1 Å². The Morgan fingerprint density at radius 3 is 2.56 bits per heavy atom. The minimum Gasteiger partial charge on any atom is -0.338 e. The van der Waals surface area contributed by atoms with E-state index in [0.717, 1.165) is 32.5 Å². The lowest BCUT2D eigenvalue weighted by atomic mass is 9.75. The van der Waals surface area contributed by atoms with Crippen molar-refractivity contribution in [2.75, 3.05) is 26.2 Å². The van der Waals surface area contributed by atoms with Gasteiger partial charge in [-0.3, -0.25) is 14.7 Å². The van der Waals surface area contributed by atoms with Crippen molar-refractivity contribution < 1.29 is 4.79 Å². The van der Waals surface area contributed by atoms with Crippen molar-refractivity contribution >= 4 is 5.91 Å². The molecule has 3 heterocycles. The molecular weight excluding hydrogens is 334 g/mol. The molecule has 1 atom stereocenters. The second-order valence-corrected chi connectivity index (χ2v) is 8.27. The van der Waals surface area contributed by atoms with E-state index in [1.807, 2.05) is 17.0 Å². The number of benzene rings is 1. The summed E-state index contributed by atoms with van der Waals surface area (Å²) in [4.78, 5) is 21.4. The zero-order valence-corrected chi connectivity index (χ0v) is 16.2. The van der Waals surface area contributed by atoms with E-state index >= 15 is 0 Å². The Balaban J connectivity index is 1.37. The molecule has 1 amide bonds. The van der Waals surface area contributed by atoms with Gasteiger partial charge in [0.1, 0.15) is 0 Å². The van der Waals surface area contributed by atoms with Gasteiger partial charge in [0.2, 0.25) is 0 Å². The molecule has 2 aliphatic heterocycles. The van der Waals surface area contributed by atoms with E-state index in [4.69, 9.17) is 0 Å². The fourth-order valence-corrected chi connectivity index (χ4v) is 4.77. The monoisotopic (exact) mass is 363 g/mol. The molecule has 0 N–H and O–H groups in total. The lowest BCUT2D eigenvalue weighted by Gasteiger charge is -2.46. The third kappa shape index (κ3) is 3.91. The van der Waals surface area contributed by atoms with Crippen molar-refractivity contribution in [2.24, 2.45) is 0 Å². The minimum atomic E-state index is 0.120. The number of nitrogens with zero attached hydrogens (tertiary/aromatic N) is 3. The Hall–Kier alpha value is -2.20. The van der Waals surface area contributed by atoms with Gasteiger partial charge in [-0.1, -0.05) is 37.3 Å². The zero-order valence-electron chi connectivity index (χ0n) is 16.2. The first kappa shape index (κ1) is 18.2. The Morgan fingerprint density at radius 2 is 1.85 bits per heavy atom. The molecule has 1 unspecified atom stereocenters. The Labute approximate surface area is 162 Å². The summed E-state index contributed by atoms with van der Waals surface area (Å²) in [7, 11) is 0. The van der Waals surface area contributed by atoms with Gasteiger partial charge in [-0.25, -0.2) is 0 Å². The third-order valence-corrected chi connectivity index (χ3v) is 6.37. The van der Waals surface area contributed by atoms with Crippen LogP contribution in [0.15, 0.2) is 54.9 Å². The highest BCUT2D eigenvalue weighted by atomic mass is 16.2. The van der Waals surface area contributed by atoms with Gasteiger partial charge >= 0.3 is 0 Å². The first-order chi connectivity index (χ1) is 13.2. The van der Waals surface area contributed by atoms with E-state index in [9.17, 15) is 4.79 Å². The van der Waals surface area contributed by atoms with E-state index in [1.54, 1.807) is 12.4 Å². The fraction of sp³-hybridized carbons (Fsp3) is 0.478. The van der Waals surface area contributed by atoms with Gasteiger partial charge in [0.05, 0.1) is 5.56 Å². The summed E-state index contributed by atoms with van der Waals surface area (Å²) in [5.41, 5.74) is 2.40. The van der Waals surface area contributed by atoms with Crippen molar-refractivity contribution in [3.05, 3.63) is 66.0 Å². The normalized spacial score (nSPS) is 24.7. The molecule has 2 fully saturated rings. The summed E-state index contributed by atoms with van der Waals surface area (Å²) in [5, 5.41) is 0. The van der Waals surface area contributed by atoms with Crippen LogP contribution in [0, 0.1) is 0 Å². The molecule has 0 bridgehead atoms. The van der Waals surface area contributed by atoms with E-state index in [0.29, 0.717) is 11.6 Å². The molecule has 4 nitrogen and oxygen atoms in total. The highest BCUT2D eigenvalue weighted by Gasteiger charge is 2.36. The number of carbonyl (C=O) groups excluding carboxylic acids is 1. The fourth-order valence-electron chi connectivity index (χ4n) is 4.77. The molecule has 2 aliphatic rings. The van der Waals surface area contributed by atoms with Gasteiger partial charge in [0.15, 0.2) is 0 Å². The van der Waals surface area contributed by atoms with Crippen molar-refractivity contribution in [3.63, 3.8) is 0 Å². The number of pyridine rings is 1.